The van der Waals surface area contributed by atoms with Crippen LogP contribution in [0.15, 0.2) is 48.5 Å². The van der Waals surface area contributed by atoms with Crippen LogP contribution in [0.2, 0.25) is 0 Å². The van der Waals surface area contributed by atoms with Crippen LogP contribution in [0.1, 0.15) is 15.9 Å². The maximum absolute atomic E-state index is 12.8. The van der Waals surface area contributed by atoms with E-state index in [1.54, 1.807) is 0 Å². The predicted molar refractivity (Wildman–Crippen MR) is 84.4 cm³/mol. The van der Waals surface area contributed by atoms with Crippen LogP contribution in [0, 0.1) is 12.7 Å². The molecule has 1 amide bonds. The Morgan fingerprint density at radius 2 is 1.62 bits per heavy atom. The van der Waals surface area contributed by atoms with E-state index >= 15 is 0 Å². The minimum atomic E-state index is -0.400. The molecule has 2 rings (SSSR count). The van der Waals surface area contributed by atoms with E-state index < -0.39 is 11.7 Å². The van der Waals surface area contributed by atoms with Gasteiger partial charge in [-0.05, 0) is 55.5 Å². The molecule has 0 spiro atoms. The Labute approximate surface area is 127 Å². The number of nitrogens with one attached hydrogen (secondary N) is 3. The zero-order chi connectivity index (χ0) is 15.2. The highest BCUT2D eigenvalue weighted by atomic mass is 32.1. The number of rotatable bonds is 2. The van der Waals surface area contributed by atoms with Gasteiger partial charge in [0.05, 0.1) is 0 Å². The third-order valence-electron chi connectivity index (χ3n) is 2.71. The van der Waals surface area contributed by atoms with E-state index in [1.807, 2.05) is 31.2 Å². The second kappa shape index (κ2) is 6.81. The fourth-order valence-corrected chi connectivity index (χ4v) is 1.76. The van der Waals surface area contributed by atoms with Crippen LogP contribution in [-0.4, -0.2) is 11.0 Å². The molecule has 0 saturated heterocycles. The molecule has 0 bridgehead atoms. The number of aryl methyl sites for hydroxylation is 1. The van der Waals surface area contributed by atoms with Gasteiger partial charge in [-0.15, -0.1) is 0 Å². The average Bonchev–Trinajstić information content (AvgIpc) is 2.48. The molecule has 3 N–H and O–H groups in total. The summed E-state index contributed by atoms with van der Waals surface area (Å²) in [6.45, 7) is 1.99. The first-order valence-electron chi connectivity index (χ1n) is 6.24. The Kier molecular flexibility index (Phi) is 4.84. The third kappa shape index (κ3) is 4.54. The molecule has 6 heteroatoms. The molecule has 0 atom stereocenters. The van der Waals surface area contributed by atoms with E-state index in [-0.39, 0.29) is 5.11 Å². The maximum Gasteiger partial charge on any atom is 0.269 e. The molecular formula is C15H14FN3OS. The highest BCUT2D eigenvalue weighted by Gasteiger charge is 2.05. The smallest absolute Gasteiger partial charge is 0.269 e. The fourth-order valence-electron chi connectivity index (χ4n) is 1.59. The second-order valence-electron chi connectivity index (χ2n) is 4.41. The SMILES string of the molecule is Cc1ccc(NC(=S)NNC(=O)c2ccc(F)cc2)cc1. The number of hydrogen-bond acceptors (Lipinski definition) is 2. The van der Waals surface area contributed by atoms with Crippen LogP contribution >= 0.6 is 12.2 Å². The van der Waals surface area contributed by atoms with Gasteiger partial charge in [-0.3, -0.25) is 15.6 Å². The Bertz CT molecular complexity index is 641. The molecule has 0 aliphatic rings. The third-order valence-corrected chi connectivity index (χ3v) is 2.91. The first-order chi connectivity index (χ1) is 10.0. The minimum absolute atomic E-state index is 0.259. The lowest BCUT2D eigenvalue weighted by molar-refractivity contribution is 0.0944. The van der Waals surface area contributed by atoms with Crippen molar-refractivity contribution < 1.29 is 9.18 Å². The van der Waals surface area contributed by atoms with Gasteiger partial charge in [-0.2, -0.15) is 0 Å². The molecule has 2 aromatic rings. The van der Waals surface area contributed by atoms with E-state index in [2.05, 4.69) is 16.2 Å². The number of amides is 1. The standard InChI is InChI=1S/C15H14FN3OS/c1-10-2-8-13(9-3-10)17-15(21)19-18-14(20)11-4-6-12(16)7-5-11/h2-9H,1H3,(H,18,20)(H2,17,19,21). The largest absolute Gasteiger partial charge is 0.331 e. The molecule has 21 heavy (non-hydrogen) atoms. The molecule has 0 saturated carbocycles. The highest BCUT2D eigenvalue weighted by molar-refractivity contribution is 7.80. The molecule has 4 nitrogen and oxygen atoms in total. The van der Waals surface area contributed by atoms with Gasteiger partial charge in [-0.1, -0.05) is 17.7 Å². The van der Waals surface area contributed by atoms with Crippen LogP contribution in [0.5, 0.6) is 0 Å². The predicted octanol–water partition coefficient (Wildman–Crippen LogP) is 2.77. The summed E-state index contributed by atoms with van der Waals surface area (Å²) in [6.07, 6.45) is 0. The molecule has 0 aliphatic heterocycles. The minimum Gasteiger partial charge on any atom is -0.331 e. The van der Waals surface area contributed by atoms with Crippen LogP contribution in [-0.2, 0) is 0 Å². The van der Waals surface area contributed by atoms with E-state index in [9.17, 15) is 9.18 Å². The summed E-state index contributed by atoms with van der Waals surface area (Å²) in [5.74, 6) is -0.792. The topological polar surface area (TPSA) is 53.2 Å². The van der Waals surface area contributed by atoms with Crippen molar-refractivity contribution >= 4 is 28.9 Å². The van der Waals surface area contributed by atoms with Crippen LogP contribution in [0.4, 0.5) is 10.1 Å². The lowest BCUT2D eigenvalue weighted by Crippen LogP contribution is -2.43. The van der Waals surface area contributed by atoms with Crippen molar-refractivity contribution in [2.24, 2.45) is 0 Å². The number of benzene rings is 2. The number of thiocarbonyl (C=S) groups is 1. The monoisotopic (exact) mass is 303 g/mol. The van der Waals surface area contributed by atoms with Gasteiger partial charge >= 0.3 is 0 Å². The molecule has 0 fully saturated rings. The zero-order valence-corrected chi connectivity index (χ0v) is 12.1. The number of carbonyl (C=O) groups excluding carboxylic acids is 1. The average molecular weight is 303 g/mol. The fraction of sp³-hybridized carbons (Fsp3) is 0.0667. The molecule has 0 unspecified atom stereocenters. The first kappa shape index (κ1) is 14.9. The number of hydrazine groups is 1. The molecule has 2 aromatic carbocycles. The van der Waals surface area contributed by atoms with E-state index in [0.717, 1.165) is 11.3 Å². The summed E-state index contributed by atoms with van der Waals surface area (Å²) in [7, 11) is 0. The van der Waals surface area contributed by atoms with Crippen molar-refractivity contribution in [2.45, 2.75) is 6.92 Å². The van der Waals surface area contributed by atoms with Gasteiger partial charge in [0, 0.05) is 11.3 Å². The van der Waals surface area contributed by atoms with Gasteiger partial charge in [0.2, 0.25) is 0 Å². The number of carbonyl (C=O) groups is 1. The van der Waals surface area contributed by atoms with E-state index in [4.69, 9.17) is 12.2 Å². The lowest BCUT2D eigenvalue weighted by Gasteiger charge is -2.11. The van der Waals surface area contributed by atoms with Crippen molar-refractivity contribution in [1.82, 2.24) is 10.9 Å². The normalized spacial score (nSPS) is 9.81. The number of hydrogen-bond donors (Lipinski definition) is 3. The second-order valence-corrected chi connectivity index (χ2v) is 4.81. The summed E-state index contributed by atoms with van der Waals surface area (Å²) in [5.41, 5.74) is 7.31. The lowest BCUT2D eigenvalue weighted by atomic mass is 10.2. The van der Waals surface area contributed by atoms with E-state index in [0.29, 0.717) is 5.56 Å². The zero-order valence-electron chi connectivity index (χ0n) is 11.3. The Hall–Kier alpha value is -2.47. The summed E-state index contributed by atoms with van der Waals surface area (Å²) in [4.78, 5) is 11.8. The quantitative estimate of drug-likeness (QED) is 0.590. The van der Waals surface area contributed by atoms with Crippen LogP contribution < -0.4 is 16.2 Å². The Morgan fingerprint density at radius 1 is 1.00 bits per heavy atom. The van der Waals surface area contributed by atoms with Gasteiger partial charge in [0.25, 0.3) is 5.91 Å². The van der Waals surface area contributed by atoms with Crippen molar-refractivity contribution in [1.29, 1.82) is 0 Å². The van der Waals surface area contributed by atoms with Crippen molar-refractivity contribution in [3.8, 4) is 0 Å². The van der Waals surface area contributed by atoms with Gasteiger partial charge in [0.15, 0.2) is 5.11 Å². The van der Waals surface area contributed by atoms with Crippen LogP contribution in [0.3, 0.4) is 0 Å². The highest BCUT2D eigenvalue weighted by Crippen LogP contribution is 2.08. The summed E-state index contributed by atoms with van der Waals surface area (Å²) in [5, 5.41) is 3.19. The molecule has 0 radical (unpaired) electrons. The van der Waals surface area contributed by atoms with Gasteiger partial charge in [-0.25, -0.2) is 4.39 Å². The molecule has 0 aromatic heterocycles. The molecular weight excluding hydrogens is 289 g/mol. The van der Waals surface area contributed by atoms with E-state index in [1.165, 1.54) is 24.3 Å². The van der Waals surface area contributed by atoms with Crippen molar-refractivity contribution in [3.05, 3.63) is 65.5 Å². The van der Waals surface area contributed by atoms with Gasteiger partial charge in [0.1, 0.15) is 5.82 Å². The number of anilines is 1. The van der Waals surface area contributed by atoms with Gasteiger partial charge < -0.3 is 5.32 Å². The van der Waals surface area contributed by atoms with Crippen molar-refractivity contribution in [2.75, 3.05) is 5.32 Å². The Balaban J connectivity index is 1.84. The van der Waals surface area contributed by atoms with Crippen molar-refractivity contribution in [3.63, 3.8) is 0 Å². The summed E-state index contributed by atoms with van der Waals surface area (Å²) < 4.78 is 12.8. The number of halogens is 1. The molecule has 0 heterocycles. The molecule has 108 valence electrons. The molecule has 0 aliphatic carbocycles. The first-order valence-corrected chi connectivity index (χ1v) is 6.65. The summed E-state index contributed by atoms with van der Waals surface area (Å²) >= 11 is 5.06. The maximum atomic E-state index is 12.8. The Morgan fingerprint density at radius 3 is 2.24 bits per heavy atom. The summed E-state index contributed by atoms with van der Waals surface area (Å²) in [6, 6.07) is 12.9. The van der Waals surface area contributed by atoms with Crippen LogP contribution in [0.25, 0.3) is 0 Å².